The second kappa shape index (κ2) is 7.19. The first kappa shape index (κ1) is 21.0. The largest absolute Gasteiger partial charge is 0.424 e. The molecule has 1 aromatic carbocycles. The van der Waals surface area contributed by atoms with Crippen molar-refractivity contribution in [1.29, 1.82) is 0 Å². The number of nitrogens with zero attached hydrogens (tertiary/aromatic N) is 6. The highest BCUT2D eigenvalue weighted by Crippen LogP contribution is 2.39. The van der Waals surface area contributed by atoms with Crippen LogP contribution >= 0.6 is 0 Å². The number of carbonyl (C=O) groups is 1. The van der Waals surface area contributed by atoms with Crippen LogP contribution in [0.15, 0.2) is 36.4 Å². The van der Waals surface area contributed by atoms with Crippen molar-refractivity contribution in [2.75, 3.05) is 6.54 Å². The normalized spacial score (nSPS) is 18.5. The monoisotopic (exact) mass is 434 g/mol. The lowest BCUT2D eigenvalue weighted by Gasteiger charge is -2.34. The number of aromatic nitrogens is 5. The summed E-state index contributed by atoms with van der Waals surface area (Å²) in [5.41, 5.74) is -1.29. The first-order chi connectivity index (χ1) is 14.5. The molecule has 3 aromatic rings. The lowest BCUT2D eigenvalue weighted by molar-refractivity contribution is -0.263. The molecule has 1 N–H and O–H groups in total. The third kappa shape index (κ3) is 3.48. The van der Waals surface area contributed by atoms with Gasteiger partial charge in [-0.25, -0.2) is 0 Å². The molecule has 3 heterocycles. The Morgan fingerprint density at radius 3 is 2.52 bits per heavy atom. The van der Waals surface area contributed by atoms with Crippen LogP contribution in [0.2, 0.25) is 0 Å². The first-order valence-corrected chi connectivity index (χ1v) is 9.62. The average molecular weight is 434 g/mol. The third-order valence-corrected chi connectivity index (χ3v) is 5.47. The van der Waals surface area contributed by atoms with Gasteiger partial charge in [-0.3, -0.25) is 9.48 Å². The lowest BCUT2D eigenvalue weighted by atomic mass is 10.0. The van der Waals surface area contributed by atoms with Crippen LogP contribution < -0.4 is 0 Å². The first-order valence-electron chi connectivity index (χ1n) is 9.62. The number of halogens is 3. The summed E-state index contributed by atoms with van der Waals surface area (Å²) in [6.45, 7) is 2.41. The van der Waals surface area contributed by atoms with Crippen LogP contribution in [-0.2, 0) is 19.2 Å². The molecule has 0 bridgehead atoms. The molecule has 0 unspecified atom stereocenters. The third-order valence-electron chi connectivity index (χ3n) is 5.47. The molecule has 11 heteroatoms. The van der Waals surface area contributed by atoms with E-state index in [1.54, 1.807) is 20.0 Å². The molecule has 0 saturated carbocycles. The Bertz CT molecular complexity index is 1120. The number of aliphatic hydroxyl groups is 1. The minimum Gasteiger partial charge on any atom is -0.374 e. The number of hydrogen-bond donors (Lipinski definition) is 1. The number of rotatable bonds is 3. The molecule has 0 aliphatic carbocycles. The molecule has 1 aliphatic heterocycles. The van der Waals surface area contributed by atoms with Crippen LogP contribution in [0.25, 0.3) is 11.3 Å². The van der Waals surface area contributed by atoms with Crippen molar-refractivity contribution in [2.24, 2.45) is 7.05 Å². The van der Waals surface area contributed by atoms with Gasteiger partial charge in [0, 0.05) is 19.2 Å². The van der Waals surface area contributed by atoms with Gasteiger partial charge >= 0.3 is 6.18 Å². The summed E-state index contributed by atoms with van der Waals surface area (Å²) < 4.78 is 42.6. The molecule has 4 rings (SSSR count). The Balaban J connectivity index is 1.62. The van der Waals surface area contributed by atoms with Gasteiger partial charge in [0.25, 0.3) is 5.91 Å². The minimum atomic E-state index is -4.91. The fourth-order valence-corrected chi connectivity index (χ4v) is 3.72. The number of benzene rings is 1. The summed E-state index contributed by atoms with van der Waals surface area (Å²) in [6, 6.07) is 10.5. The zero-order valence-corrected chi connectivity index (χ0v) is 17.1. The second-order valence-corrected chi connectivity index (χ2v) is 7.82. The molecule has 1 aliphatic rings. The summed E-state index contributed by atoms with van der Waals surface area (Å²) in [7, 11) is 1.66. The SMILES string of the molecule is C[C@H]1CN(C(=O)c2cc(-c3ccccc3)nn2C)Cc2nnc([C@@](C)(O)C(F)(F)F)n21. The van der Waals surface area contributed by atoms with E-state index in [1.165, 1.54) is 14.1 Å². The highest BCUT2D eigenvalue weighted by atomic mass is 19.4. The van der Waals surface area contributed by atoms with Gasteiger partial charge in [0.05, 0.1) is 18.3 Å². The maximum atomic E-state index is 13.3. The fraction of sp³-hybridized carbons (Fsp3) is 0.400. The van der Waals surface area contributed by atoms with Crippen LogP contribution in [0, 0.1) is 0 Å². The Hall–Kier alpha value is -3.21. The van der Waals surface area contributed by atoms with Crippen LogP contribution in [-0.4, -0.2) is 53.2 Å². The Labute approximate surface area is 175 Å². The fourth-order valence-electron chi connectivity index (χ4n) is 3.72. The van der Waals surface area contributed by atoms with Crippen LogP contribution in [0.5, 0.6) is 0 Å². The molecule has 31 heavy (non-hydrogen) atoms. The molecule has 2 atom stereocenters. The van der Waals surface area contributed by atoms with E-state index in [0.717, 1.165) is 5.56 Å². The van der Waals surface area contributed by atoms with E-state index in [0.29, 0.717) is 18.3 Å². The van der Waals surface area contributed by atoms with Crippen LogP contribution in [0.3, 0.4) is 0 Å². The van der Waals surface area contributed by atoms with Crippen molar-refractivity contribution in [3.8, 4) is 11.3 Å². The molecule has 0 radical (unpaired) electrons. The van der Waals surface area contributed by atoms with E-state index >= 15 is 0 Å². The standard InChI is InChI=1S/C20H21F3N6O2/c1-12-10-28(11-16-24-25-18(29(12)16)19(2,31)20(21,22)23)17(30)15-9-14(26-27(15)3)13-7-5-4-6-8-13/h4-9,12,31H,10-11H2,1-3H3/t12-,19+/m0/s1. The van der Waals surface area contributed by atoms with Crippen LogP contribution in [0.4, 0.5) is 13.2 Å². The Morgan fingerprint density at radius 2 is 1.87 bits per heavy atom. The molecule has 0 spiro atoms. The van der Waals surface area contributed by atoms with Gasteiger partial charge in [0.1, 0.15) is 5.69 Å². The predicted molar refractivity (Wildman–Crippen MR) is 104 cm³/mol. The summed E-state index contributed by atoms with van der Waals surface area (Å²) in [5.74, 6) is -0.721. The Morgan fingerprint density at radius 1 is 1.19 bits per heavy atom. The van der Waals surface area contributed by atoms with Crippen molar-refractivity contribution in [3.63, 3.8) is 0 Å². The number of carbonyl (C=O) groups excluding carboxylic acids is 1. The summed E-state index contributed by atoms with van der Waals surface area (Å²) in [5, 5.41) is 21.9. The van der Waals surface area contributed by atoms with Gasteiger partial charge < -0.3 is 14.6 Å². The van der Waals surface area contributed by atoms with Crippen molar-refractivity contribution >= 4 is 5.91 Å². The number of aryl methyl sites for hydroxylation is 1. The molecule has 0 fully saturated rings. The second-order valence-electron chi connectivity index (χ2n) is 7.82. The molecule has 8 nitrogen and oxygen atoms in total. The number of fused-ring (bicyclic) bond motifs is 1. The molecule has 2 aromatic heterocycles. The van der Waals surface area contributed by atoms with Gasteiger partial charge in [-0.1, -0.05) is 30.3 Å². The van der Waals surface area contributed by atoms with Gasteiger partial charge in [-0.05, 0) is 19.9 Å². The zero-order valence-electron chi connectivity index (χ0n) is 17.1. The lowest BCUT2D eigenvalue weighted by Crippen LogP contribution is -2.46. The van der Waals surface area contributed by atoms with Crippen molar-refractivity contribution in [2.45, 2.75) is 38.2 Å². The average Bonchev–Trinajstić information content (AvgIpc) is 3.31. The highest BCUT2D eigenvalue weighted by Gasteiger charge is 2.55. The van der Waals surface area contributed by atoms with E-state index in [1.807, 2.05) is 30.3 Å². The smallest absolute Gasteiger partial charge is 0.374 e. The summed E-state index contributed by atoms with van der Waals surface area (Å²) >= 11 is 0. The minimum absolute atomic E-state index is 0.0318. The number of alkyl halides is 3. The molecular formula is C20H21F3N6O2. The van der Waals surface area contributed by atoms with E-state index < -0.39 is 23.6 Å². The van der Waals surface area contributed by atoms with Gasteiger partial charge in [-0.2, -0.15) is 18.3 Å². The van der Waals surface area contributed by atoms with E-state index in [2.05, 4.69) is 15.3 Å². The maximum absolute atomic E-state index is 13.3. The topological polar surface area (TPSA) is 89.1 Å². The Kier molecular flexibility index (Phi) is 4.88. The van der Waals surface area contributed by atoms with E-state index in [-0.39, 0.29) is 24.8 Å². The molecule has 164 valence electrons. The summed E-state index contributed by atoms with van der Waals surface area (Å²) in [6.07, 6.45) is -4.91. The predicted octanol–water partition coefficient (Wildman–Crippen LogP) is 2.67. The van der Waals surface area contributed by atoms with Gasteiger partial charge in [-0.15, -0.1) is 10.2 Å². The number of hydrogen-bond acceptors (Lipinski definition) is 5. The molecule has 1 amide bonds. The van der Waals surface area contributed by atoms with E-state index in [4.69, 9.17) is 0 Å². The molecule has 0 saturated heterocycles. The van der Waals surface area contributed by atoms with Gasteiger partial charge in [0.15, 0.2) is 11.6 Å². The van der Waals surface area contributed by atoms with E-state index in [9.17, 15) is 23.1 Å². The van der Waals surface area contributed by atoms with Crippen molar-refractivity contribution < 1.29 is 23.1 Å². The van der Waals surface area contributed by atoms with Crippen molar-refractivity contribution in [3.05, 3.63) is 53.7 Å². The quantitative estimate of drug-likeness (QED) is 0.685. The highest BCUT2D eigenvalue weighted by molar-refractivity contribution is 5.93. The summed E-state index contributed by atoms with van der Waals surface area (Å²) in [4.78, 5) is 14.7. The number of amides is 1. The molecular weight excluding hydrogens is 413 g/mol. The van der Waals surface area contributed by atoms with Crippen molar-refractivity contribution in [1.82, 2.24) is 29.4 Å². The maximum Gasteiger partial charge on any atom is 0.424 e. The van der Waals surface area contributed by atoms with Gasteiger partial charge in [0.2, 0.25) is 5.60 Å². The van der Waals surface area contributed by atoms with Crippen LogP contribution in [0.1, 0.15) is 42.0 Å². The zero-order chi connectivity index (χ0) is 22.6.